The first-order valence-corrected chi connectivity index (χ1v) is 10.4. The van der Waals surface area contributed by atoms with Crippen LogP contribution in [0.5, 0.6) is 0 Å². The Hall–Kier alpha value is -2.29. The second-order valence-corrected chi connectivity index (χ2v) is 8.27. The van der Waals surface area contributed by atoms with Crippen LogP contribution in [-0.4, -0.2) is 39.1 Å². The summed E-state index contributed by atoms with van der Waals surface area (Å²) in [4.78, 5) is 16.3. The average Bonchev–Trinajstić information content (AvgIpc) is 2.72. The first-order chi connectivity index (χ1) is 13.0. The summed E-state index contributed by atoms with van der Waals surface area (Å²) in [5.74, 6) is 0.0170. The molecule has 0 spiro atoms. The summed E-state index contributed by atoms with van der Waals surface area (Å²) in [5.41, 5.74) is 1.12. The van der Waals surface area contributed by atoms with Crippen molar-refractivity contribution < 1.29 is 17.9 Å². The number of benzene rings is 1. The number of hydrogen-bond acceptors (Lipinski definition) is 5. The first kappa shape index (κ1) is 19.5. The third kappa shape index (κ3) is 5.59. The Kier molecular flexibility index (Phi) is 6.54. The van der Waals surface area contributed by atoms with E-state index in [9.17, 15) is 13.2 Å². The van der Waals surface area contributed by atoms with Crippen LogP contribution in [0.15, 0.2) is 53.7 Å². The van der Waals surface area contributed by atoms with Gasteiger partial charge in [-0.05, 0) is 54.7 Å². The van der Waals surface area contributed by atoms with Crippen LogP contribution in [0, 0.1) is 5.92 Å². The quantitative estimate of drug-likeness (QED) is 0.751. The molecule has 1 saturated heterocycles. The summed E-state index contributed by atoms with van der Waals surface area (Å²) in [7, 11) is -3.72. The van der Waals surface area contributed by atoms with Crippen LogP contribution >= 0.6 is 0 Å². The molecular formula is C19H23N3O4S. The molecule has 0 saturated carbocycles. The van der Waals surface area contributed by atoms with Gasteiger partial charge in [-0.2, -0.15) is 0 Å². The smallest absolute Gasteiger partial charge is 0.251 e. The lowest BCUT2D eigenvalue weighted by Crippen LogP contribution is -2.33. The topological polar surface area (TPSA) is 97.4 Å². The van der Waals surface area contributed by atoms with E-state index in [1.807, 2.05) is 0 Å². The lowest BCUT2D eigenvalue weighted by molar-refractivity contribution is 0.0536. The van der Waals surface area contributed by atoms with Gasteiger partial charge in [0.2, 0.25) is 10.0 Å². The molecule has 0 aliphatic carbocycles. The van der Waals surface area contributed by atoms with E-state index in [-0.39, 0.29) is 17.3 Å². The van der Waals surface area contributed by atoms with Crippen molar-refractivity contribution in [2.75, 3.05) is 19.8 Å². The van der Waals surface area contributed by atoms with Gasteiger partial charge in [0, 0.05) is 37.7 Å². The van der Waals surface area contributed by atoms with Gasteiger partial charge < -0.3 is 10.1 Å². The molecule has 2 heterocycles. The predicted molar refractivity (Wildman–Crippen MR) is 101 cm³/mol. The molecule has 8 heteroatoms. The SMILES string of the molecule is O=C(NC[C@H]1CCCOC1)c1cccc(S(=O)(=O)NCc2ccncc2)c1. The van der Waals surface area contributed by atoms with E-state index in [1.165, 1.54) is 12.1 Å². The van der Waals surface area contributed by atoms with E-state index in [1.54, 1.807) is 36.7 Å². The maximum Gasteiger partial charge on any atom is 0.251 e. The van der Waals surface area contributed by atoms with Gasteiger partial charge in [-0.25, -0.2) is 13.1 Å². The Labute approximate surface area is 159 Å². The number of carbonyl (C=O) groups is 1. The predicted octanol–water partition coefficient (Wildman–Crippen LogP) is 1.72. The lowest BCUT2D eigenvalue weighted by Gasteiger charge is -2.22. The normalized spacial score (nSPS) is 17.4. The molecule has 1 aromatic heterocycles. The highest BCUT2D eigenvalue weighted by Gasteiger charge is 2.18. The van der Waals surface area contributed by atoms with Crippen molar-refractivity contribution >= 4 is 15.9 Å². The molecule has 3 rings (SSSR count). The van der Waals surface area contributed by atoms with Crippen LogP contribution in [0.4, 0.5) is 0 Å². The van der Waals surface area contributed by atoms with Crippen molar-refractivity contribution in [2.24, 2.45) is 5.92 Å². The second-order valence-electron chi connectivity index (χ2n) is 6.50. The van der Waals surface area contributed by atoms with E-state index in [0.29, 0.717) is 24.6 Å². The number of rotatable bonds is 7. The van der Waals surface area contributed by atoms with Gasteiger partial charge in [0.05, 0.1) is 11.5 Å². The van der Waals surface area contributed by atoms with Crippen LogP contribution in [0.3, 0.4) is 0 Å². The van der Waals surface area contributed by atoms with Crippen LogP contribution in [0.25, 0.3) is 0 Å². The first-order valence-electron chi connectivity index (χ1n) is 8.89. The summed E-state index contributed by atoms with van der Waals surface area (Å²) in [6.45, 7) is 2.10. The van der Waals surface area contributed by atoms with Gasteiger partial charge in [0.15, 0.2) is 0 Å². The minimum atomic E-state index is -3.72. The standard InChI is InChI=1S/C19H23N3O4S/c23-19(21-12-16-3-2-10-26-14-16)17-4-1-5-18(11-17)27(24,25)22-13-15-6-8-20-9-7-15/h1,4-9,11,16,22H,2-3,10,12-14H2,(H,21,23)/t16-/m1/s1. The van der Waals surface area contributed by atoms with E-state index in [0.717, 1.165) is 25.0 Å². The number of pyridine rings is 1. The Morgan fingerprint density at radius 1 is 1.22 bits per heavy atom. The van der Waals surface area contributed by atoms with Crippen molar-refractivity contribution in [3.05, 3.63) is 59.9 Å². The molecule has 1 fully saturated rings. The van der Waals surface area contributed by atoms with Crippen molar-refractivity contribution in [2.45, 2.75) is 24.3 Å². The van der Waals surface area contributed by atoms with Crippen molar-refractivity contribution in [1.29, 1.82) is 0 Å². The van der Waals surface area contributed by atoms with Gasteiger partial charge in [-0.3, -0.25) is 9.78 Å². The summed E-state index contributed by atoms with van der Waals surface area (Å²) < 4.78 is 33.0. The van der Waals surface area contributed by atoms with Crippen LogP contribution in [0.2, 0.25) is 0 Å². The summed E-state index contributed by atoms with van der Waals surface area (Å²) in [6, 6.07) is 9.51. The molecule has 144 valence electrons. The zero-order chi connectivity index (χ0) is 19.1. The second kappa shape index (κ2) is 9.07. The Morgan fingerprint density at radius 3 is 2.78 bits per heavy atom. The Morgan fingerprint density at radius 2 is 2.04 bits per heavy atom. The Balaban J connectivity index is 1.62. The molecule has 27 heavy (non-hydrogen) atoms. The summed E-state index contributed by atoms with van der Waals surface area (Å²) in [6.07, 6.45) is 5.23. The number of sulfonamides is 1. The highest BCUT2D eigenvalue weighted by Crippen LogP contribution is 2.14. The zero-order valence-corrected chi connectivity index (χ0v) is 15.7. The number of amides is 1. The molecule has 1 amide bonds. The van der Waals surface area contributed by atoms with E-state index < -0.39 is 10.0 Å². The monoisotopic (exact) mass is 389 g/mol. The number of carbonyl (C=O) groups excluding carboxylic acids is 1. The maximum atomic E-state index is 12.5. The van der Waals surface area contributed by atoms with Gasteiger partial charge in [0.25, 0.3) is 5.91 Å². The number of hydrogen-bond donors (Lipinski definition) is 2. The molecule has 1 atom stereocenters. The zero-order valence-electron chi connectivity index (χ0n) is 14.9. The largest absolute Gasteiger partial charge is 0.381 e. The van der Waals surface area contributed by atoms with Crippen LogP contribution in [0.1, 0.15) is 28.8 Å². The van der Waals surface area contributed by atoms with Crippen LogP contribution < -0.4 is 10.0 Å². The lowest BCUT2D eigenvalue weighted by atomic mass is 10.0. The number of nitrogens with zero attached hydrogens (tertiary/aromatic N) is 1. The minimum absolute atomic E-state index is 0.0604. The maximum absolute atomic E-state index is 12.5. The average molecular weight is 389 g/mol. The third-order valence-electron chi connectivity index (χ3n) is 4.43. The molecule has 1 aliphatic rings. The van der Waals surface area contributed by atoms with Crippen molar-refractivity contribution in [3.8, 4) is 0 Å². The molecule has 0 unspecified atom stereocenters. The highest BCUT2D eigenvalue weighted by atomic mass is 32.2. The summed E-state index contributed by atoms with van der Waals surface area (Å²) in [5, 5.41) is 2.86. The van der Waals surface area contributed by atoms with E-state index in [4.69, 9.17) is 4.74 Å². The van der Waals surface area contributed by atoms with Gasteiger partial charge in [0.1, 0.15) is 0 Å². The molecule has 0 radical (unpaired) electrons. The molecule has 7 nitrogen and oxygen atoms in total. The molecular weight excluding hydrogens is 366 g/mol. The molecule has 2 N–H and O–H groups in total. The fraction of sp³-hybridized carbons (Fsp3) is 0.368. The minimum Gasteiger partial charge on any atom is -0.381 e. The van der Waals surface area contributed by atoms with Crippen molar-refractivity contribution in [1.82, 2.24) is 15.0 Å². The molecule has 2 aromatic rings. The van der Waals surface area contributed by atoms with Crippen LogP contribution in [-0.2, 0) is 21.3 Å². The van der Waals surface area contributed by atoms with E-state index >= 15 is 0 Å². The highest BCUT2D eigenvalue weighted by molar-refractivity contribution is 7.89. The van der Waals surface area contributed by atoms with Gasteiger partial charge in [-0.15, -0.1) is 0 Å². The van der Waals surface area contributed by atoms with Crippen molar-refractivity contribution in [3.63, 3.8) is 0 Å². The number of aromatic nitrogens is 1. The van der Waals surface area contributed by atoms with Gasteiger partial charge in [-0.1, -0.05) is 6.07 Å². The molecule has 0 bridgehead atoms. The molecule has 1 aliphatic heterocycles. The molecule has 1 aromatic carbocycles. The van der Waals surface area contributed by atoms with Gasteiger partial charge >= 0.3 is 0 Å². The van der Waals surface area contributed by atoms with E-state index in [2.05, 4.69) is 15.0 Å². The number of ether oxygens (including phenoxy) is 1. The summed E-state index contributed by atoms with van der Waals surface area (Å²) >= 11 is 0. The fourth-order valence-corrected chi connectivity index (χ4v) is 3.94. The fourth-order valence-electron chi connectivity index (χ4n) is 2.87. The Bertz CT molecular complexity index is 866. The third-order valence-corrected chi connectivity index (χ3v) is 5.83. The number of nitrogens with one attached hydrogen (secondary N) is 2.